The maximum Gasteiger partial charge on any atom is 0.181 e. The molecule has 3 aromatic rings. The zero-order chi connectivity index (χ0) is 14.8. The first kappa shape index (κ1) is 13.4. The second kappa shape index (κ2) is 5.41. The van der Waals surface area contributed by atoms with E-state index in [4.69, 9.17) is 5.73 Å². The summed E-state index contributed by atoms with van der Waals surface area (Å²) in [5, 5.41) is 6.77. The molecule has 0 aliphatic heterocycles. The predicted octanol–water partition coefficient (Wildman–Crippen LogP) is 2.80. The van der Waals surface area contributed by atoms with Crippen molar-refractivity contribution >= 4 is 0 Å². The molecule has 0 aliphatic rings. The number of nitrogens with zero attached hydrogens (tertiary/aromatic N) is 2. The van der Waals surface area contributed by atoms with Crippen LogP contribution in [0.5, 0.6) is 0 Å². The van der Waals surface area contributed by atoms with Crippen molar-refractivity contribution in [3.8, 4) is 11.4 Å². The number of hydrogen-bond acceptors (Lipinski definition) is 3. The molecule has 0 amide bonds. The Morgan fingerprint density at radius 3 is 2.48 bits per heavy atom. The number of halogens is 2. The largest absolute Gasteiger partial charge is 0.318 e. The van der Waals surface area contributed by atoms with E-state index < -0.39 is 6.04 Å². The fourth-order valence-corrected chi connectivity index (χ4v) is 2.00. The molecule has 0 radical (unpaired) electrons. The lowest BCUT2D eigenvalue weighted by molar-refractivity contribution is 0.626. The normalized spacial score (nSPS) is 12.3. The standard InChI is InChI=1S/C15H12F2N4/c16-11-6-4-9(5-7-11)13(18)15-19-14(20-21-15)10-2-1-3-12(17)8-10/h1-8,13H,18H2,(H,19,20,21)/t13-/m0/s1. The molecule has 106 valence electrons. The van der Waals surface area contributed by atoms with Gasteiger partial charge in [0.05, 0.1) is 6.04 Å². The lowest BCUT2D eigenvalue weighted by Gasteiger charge is -2.07. The van der Waals surface area contributed by atoms with Crippen molar-refractivity contribution < 1.29 is 8.78 Å². The molecule has 0 spiro atoms. The molecule has 3 N–H and O–H groups in total. The van der Waals surface area contributed by atoms with Crippen LogP contribution in [-0.4, -0.2) is 15.2 Å². The molecule has 0 saturated carbocycles. The van der Waals surface area contributed by atoms with E-state index in [1.54, 1.807) is 24.3 Å². The number of nitrogens with one attached hydrogen (secondary N) is 1. The van der Waals surface area contributed by atoms with Crippen LogP contribution in [-0.2, 0) is 0 Å². The van der Waals surface area contributed by atoms with Gasteiger partial charge in [-0.05, 0) is 29.8 Å². The molecule has 1 aromatic heterocycles. The van der Waals surface area contributed by atoms with Crippen molar-refractivity contribution in [3.05, 3.63) is 71.6 Å². The highest BCUT2D eigenvalue weighted by Crippen LogP contribution is 2.20. The SMILES string of the molecule is N[C@@H](c1ccc(F)cc1)c1nc(-c2cccc(F)c2)n[nH]1. The van der Waals surface area contributed by atoms with E-state index in [9.17, 15) is 8.78 Å². The number of nitrogens with two attached hydrogens (primary N) is 1. The van der Waals surface area contributed by atoms with Gasteiger partial charge in [0, 0.05) is 5.56 Å². The van der Waals surface area contributed by atoms with Gasteiger partial charge in [-0.2, -0.15) is 5.10 Å². The van der Waals surface area contributed by atoms with Gasteiger partial charge in [-0.15, -0.1) is 0 Å². The van der Waals surface area contributed by atoms with E-state index in [0.717, 1.165) is 0 Å². The van der Waals surface area contributed by atoms with E-state index in [-0.39, 0.29) is 11.6 Å². The number of H-pyrrole nitrogens is 1. The zero-order valence-corrected chi connectivity index (χ0v) is 10.9. The van der Waals surface area contributed by atoms with Crippen LogP contribution in [0.3, 0.4) is 0 Å². The minimum absolute atomic E-state index is 0.330. The van der Waals surface area contributed by atoms with E-state index in [2.05, 4.69) is 15.2 Å². The number of aromatic amines is 1. The summed E-state index contributed by atoms with van der Waals surface area (Å²) in [7, 11) is 0. The molecule has 6 heteroatoms. The van der Waals surface area contributed by atoms with Crippen molar-refractivity contribution in [2.45, 2.75) is 6.04 Å². The van der Waals surface area contributed by atoms with Gasteiger partial charge >= 0.3 is 0 Å². The zero-order valence-electron chi connectivity index (χ0n) is 10.9. The van der Waals surface area contributed by atoms with E-state index in [1.807, 2.05) is 0 Å². The maximum absolute atomic E-state index is 13.2. The Labute approximate surface area is 119 Å². The molecular formula is C15H12F2N4. The van der Waals surface area contributed by atoms with Crippen molar-refractivity contribution in [1.29, 1.82) is 0 Å². The molecule has 21 heavy (non-hydrogen) atoms. The topological polar surface area (TPSA) is 67.6 Å². The monoisotopic (exact) mass is 286 g/mol. The number of rotatable bonds is 3. The summed E-state index contributed by atoms with van der Waals surface area (Å²) in [5.41, 5.74) is 7.32. The van der Waals surface area contributed by atoms with Crippen LogP contribution >= 0.6 is 0 Å². The Bertz CT molecular complexity index is 752. The van der Waals surface area contributed by atoms with E-state index in [1.165, 1.54) is 24.3 Å². The number of benzene rings is 2. The highest BCUT2D eigenvalue weighted by atomic mass is 19.1. The average Bonchev–Trinajstić information content (AvgIpc) is 2.97. The first-order chi connectivity index (χ1) is 10.1. The van der Waals surface area contributed by atoms with Crippen LogP contribution in [0.15, 0.2) is 48.5 Å². The minimum atomic E-state index is -0.555. The lowest BCUT2D eigenvalue weighted by atomic mass is 10.1. The van der Waals surface area contributed by atoms with Gasteiger partial charge < -0.3 is 5.73 Å². The Balaban J connectivity index is 1.89. The van der Waals surface area contributed by atoms with Gasteiger partial charge in [-0.3, -0.25) is 5.10 Å². The van der Waals surface area contributed by atoms with Crippen molar-refractivity contribution in [2.75, 3.05) is 0 Å². The fraction of sp³-hybridized carbons (Fsp3) is 0.0667. The Kier molecular flexibility index (Phi) is 3.45. The summed E-state index contributed by atoms with van der Waals surface area (Å²) >= 11 is 0. The molecule has 4 nitrogen and oxygen atoms in total. The number of hydrogen-bond donors (Lipinski definition) is 2. The molecular weight excluding hydrogens is 274 g/mol. The highest BCUT2D eigenvalue weighted by Gasteiger charge is 2.15. The van der Waals surface area contributed by atoms with Gasteiger partial charge in [0.2, 0.25) is 0 Å². The molecule has 3 rings (SSSR count). The maximum atomic E-state index is 13.2. The summed E-state index contributed by atoms with van der Waals surface area (Å²) in [6, 6.07) is 11.3. The van der Waals surface area contributed by atoms with Crippen LogP contribution in [0, 0.1) is 11.6 Å². The van der Waals surface area contributed by atoms with Crippen LogP contribution in [0.25, 0.3) is 11.4 Å². The molecule has 0 bridgehead atoms. The molecule has 2 aromatic carbocycles. The third-order valence-electron chi connectivity index (χ3n) is 3.11. The molecule has 0 unspecified atom stereocenters. The second-order valence-electron chi connectivity index (χ2n) is 4.58. The summed E-state index contributed by atoms with van der Waals surface area (Å²) in [4.78, 5) is 4.27. The van der Waals surface area contributed by atoms with Gasteiger partial charge in [-0.25, -0.2) is 13.8 Å². The third kappa shape index (κ3) is 2.80. The minimum Gasteiger partial charge on any atom is -0.318 e. The fourth-order valence-electron chi connectivity index (χ4n) is 2.00. The molecule has 1 heterocycles. The number of aromatic nitrogens is 3. The molecule has 1 atom stereocenters. The third-order valence-corrected chi connectivity index (χ3v) is 3.11. The van der Waals surface area contributed by atoms with Crippen molar-refractivity contribution in [1.82, 2.24) is 15.2 Å². The average molecular weight is 286 g/mol. The predicted molar refractivity (Wildman–Crippen MR) is 74.2 cm³/mol. The van der Waals surface area contributed by atoms with Gasteiger partial charge in [0.25, 0.3) is 0 Å². The summed E-state index contributed by atoms with van der Waals surface area (Å²) in [6.07, 6.45) is 0. The summed E-state index contributed by atoms with van der Waals surface area (Å²) in [5.74, 6) is 0.105. The van der Waals surface area contributed by atoms with E-state index >= 15 is 0 Å². The smallest absolute Gasteiger partial charge is 0.181 e. The Hall–Kier alpha value is -2.60. The first-order valence-electron chi connectivity index (χ1n) is 6.33. The van der Waals surface area contributed by atoms with Crippen molar-refractivity contribution in [2.24, 2.45) is 5.73 Å². The van der Waals surface area contributed by atoms with Crippen LogP contribution in [0.4, 0.5) is 8.78 Å². The highest BCUT2D eigenvalue weighted by molar-refractivity contribution is 5.54. The van der Waals surface area contributed by atoms with Crippen LogP contribution < -0.4 is 5.73 Å². The van der Waals surface area contributed by atoms with Gasteiger partial charge in [-0.1, -0.05) is 24.3 Å². The lowest BCUT2D eigenvalue weighted by Crippen LogP contribution is -2.13. The Morgan fingerprint density at radius 1 is 1.00 bits per heavy atom. The van der Waals surface area contributed by atoms with Crippen LogP contribution in [0.2, 0.25) is 0 Å². The second-order valence-corrected chi connectivity index (χ2v) is 4.58. The molecule has 0 aliphatic carbocycles. The summed E-state index contributed by atoms with van der Waals surface area (Å²) < 4.78 is 26.1. The first-order valence-corrected chi connectivity index (χ1v) is 6.33. The van der Waals surface area contributed by atoms with Crippen LogP contribution in [0.1, 0.15) is 17.4 Å². The van der Waals surface area contributed by atoms with Gasteiger partial charge in [0.1, 0.15) is 17.5 Å². The van der Waals surface area contributed by atoms with E-state index in [0.29, 0.717) is 22.8 Å². The molecule has 0 fully saturated rings. The summed E-state index contributed by atoms with van der Waals surface area (Å²) in [6.45, 7) is 0. The van der Waals surface area contributed by atoms with Gasteiger partial charge in [0.15, 0.2) is 5.82 Å². The quantitative estimate of drug-likeness (QED) is 0.778. The molecule has 0 saturated heterocycles. The Morgan fingerprint density at radius 2 is 1.76 bits per heavy atom. The van der Waals surface area contributed by atoms with Crippen molar-refractivity contribution in [3.63, 3.8) is 0 Å².